The van der Waals surface area contributed by atoms with Crippen LogP contribution in [0.4, 0.5) is 5.69 Å². The second-order valence-corrected chi connectivity index (χ2v) is 5.78. The minimum atomic E-state index is -0.117. The normalized spacial score (nSPS) is 11.2. The summed E-state index contributed by atoms with van der Waals surface area (Å²) >= 11 is 0. The molecule has 1 amide bonds. The van der Waals surface area contributed by atoms with Gasteiger partial charge in [0, 0.05) is 27.5 Å². The van der Waals surface area contributed by atoms with Crippen molar-refractivity contribution >= 4 is 33.4 Å². The number of aromatic amines is 1. The van der Waals surface area contributed by atoms with Crippen molar-refractivity contribution in [2.24, 2.45) is 0 Å². The number of aryl methyl sites for hydroxylation is 1. The Labute approximate surface area is 138 Å². The number of carbonyl (C=O) groups excluding carboxylic acids is 1. The summed E-state index contributed by atoms with van der Waals surface area (Å²) in [6.07, 6.45) is 3.98. The summed E-state index contributed by atoms with van der Waals surface area (Å²) in [7, 11) is 0. The molecule has 0 aliphatic heterocycles. The Morgan fingerprint density at radius 3 is 2.96 bits per heavy atom. The summed E-state index contributed by atoms with van der Waals surface area (Å²) in [5, 5.41) is 5.28. The van der Waals surface area contributed by atoms with Gasteiger partial charge in [-0.05, 0) is 24.1 Å². The van der Waals surface area contributed by atoms with E-state index in [1.807, 2.05) is 18.2 Å². The van der Waals surface area contributed by atoms with Gasteiger partial charge in [-0.2, -0.15) is 0 Å². The molecule has 0 atom stereocenters. The van der Waals surface area contributed by atoms with Crippen molar-refractivity contribution in [1.82, 2.24) is 9.97 Å². The first-order chi connectivity index (χ1) is 11.7. The molecule has 120 valence electrons. The van der Waals surface area contributed by atoms with E-state index in [4.69, 9.17) is 4.42 Å². The maximum Gasteiger partial charge on any atom is 0.230 e. The van der Waals surface area contributed by atoms with E-state index in [1.54, 1.807) is 0 Å². The molecule has 24 heavy (non-hydrogen) atoms. The molecular weight excluding hydrogens is 302 g/mol. The molecule has 5 heteroatoms. The molecule has 2 aromatic carbocycles. The van der Waals surface area contributed by atoms with Crippen LogP contribution < -0.4 is 5.32 Å². The van der Waals surface area contributed by atoms with Gasteiger partial charge in [-0.1, -0.05) is 31.2 Å². The number of fused-ring (bicyclic) bond motifs is 3. The van der Waals surface area contributed by atoms with E-state index in [0.29, 0.717) is 5.69 Å². The number of hydrogen-bond acceptors (Lipinski definition) is 3. The van der Waals surface area contributed by atoms with E-state index in [0.717, 1.165) is 23.0 Å². The molecule has 0 bridgehead atoms. The SMILES string of the molecule is CCc1cccc2c1[nH]c1cc(NC(=O)Cc3cocn3)ccc12. The molecule has 0 aliphatic carbocycles. The molecular formula is C19H17N3O2. The van der Waals surface area contributed by atoms with Crippen molar-refractivity contribution in [1.29, 1.82) is 0 Å². The highest BCUT2D eigenvalue weighted by molar-refractivity contribution is 6.09. The largest absolute Gasteiger partial charge is 0.451 e. The molecule has 5 nitrogen and oxygen atoms in total. The molecule has 0 unspecified atom stereocenters. The minimum Gasteiger partial charge on any atom is -0.451 e. The molecule has 4 rings (SSSR count). The molecule has 0 saturated carbocycles. The van der Waals surface area contributed by atoms with Crippen molar-refractivity contribution in [3.63, 3.8) is 0 Å². The number of amides is 1. The zero-order valence-corrected chi connectivity index (χ0v) is 13.3. The number of benzene rings is 2. The molecule has 0 spiro atoms. The van der Waals surface area contributed by atoms with Crippen LogP contribution in [0.3, 0.4) is 0 Å². The third-order valence-electron chi connectivity index (χ3n) is 4.21. The van der Waals surface area contributed by atoms with Crippen molar-refractivity contribution in [3.8, 4) is 0 Å². The van der Waals surface area contributed by atoms with Gasteiger partial charge in [0.2, 0.25) is 5.91 Å². The highest BCUT2D eigenvalue weighted by Gasteiger charge is 2.10. The van der Waals surface area contributed by atoms with Crippen LogP contribution in [0.15, 0.2) is 53.5 Å². The predicted octanol–water partition coefficient (Wildman–Crippen LogP) is 4.05. The zero-order valence-electron chi connectivity index (χ0n) is 13.3. The van der Waals surface area contributed by atoms with Gasteiger partial charge in [-0.15, -0.1) is 0 Å². The lowest BCUT2D eigenvalue weighted by atomic mass is 10.1. The lowest BCUT2D eigenvalue weighted by Gasteiger charge is -2.04. The average Bonchev–Trinajstić information content (AvgIpc) is 3.21. The number of nitrogens with zero attached hydrogens (tertiary/aromatic N) is 1. The maximum atomic E-state index is 12.1. The molecule has 2 aromatic heterocycles. The van der Waals surface area contributed by atoms with Gasteiger partial charge in [0.25, 0.3) is 0 Å². The molecule has 2 N–H and O–H groups in total. The predicted molar refractivity (Wildman–Crippen MR) is 94.0 cm³/mol. The van der Waals surface area contributed by atoms with Crippen molar-refractivity contribution in [3.05, 3.63) is 60.3 Å². The van der Waals surface area contributed by atoms with E-state index < -0.39 is 0 Å². The van der Waals surface area contributed by atoms with E-state index in [-0.39, 0.29) is 12.3 Å². The fraction of sp³-hybridized carbons (Fsp3) is 0.158. The Hall–Kier alpha value is -3.08. The summed E-state index contributed by atoms with van der Waals surface area (Å²) < 4.78 is 4.88. The molecule has 0 radical (unpaired) electrons. The second-order valence-electron chi connectivity index (χ2n) is 5.78. The lowest BCUT2D eigenvalue weighted by molar-refractivity contribution is -0.115. The smallest absolute Gasteiger partial charge is 0.230 e. The number of carbonyl (C=O) groups is 1. The van der Waals surface area contributed by atoms with Crippen LogP contribution in [0.1, 0.15) is 18.2 Å². The van der Waals surface area contributed by atoms with Crippen LogP contribution >= 0.6 is 0 Å². The summed E-state index contributed by atoms with van der Waals surface area (Å²) in [6, 6.07) is 12.3. The molecule has 0 saturated heterocycles. The van der Waals surface area contributed by atoms with Crippen LogP contribution in [-0.4, -0.2) is 15.9 Å². The van der Waals surface area contributed by atoms with Crippen LogP contribution in [0.5, 0.6) is 0 Å². The number of nitrogens with one attached hydrogen (secondary N) is 2. The van der Waals surface area contributed by atoms with Gasteiger partial charge in [0.15, 0.2) is 6.39 Å². The first-order valence-corrected chi connectivity index (χ1v) is 7.95. The molecule has 2 heterocycles. The summed E-state index contributed by atoms with van der Waals surface area (Å²) in [4.78, 5) is 19.5. The standard InChI is InChI=1S/C19H17N3O2/c1-2-12-4-3-5-16-15-7-6-13(8-17(15)22-19(12)16)21-18(23)9-14-10-24-11-20-14/h3-8,10-11,22H,2,9H2,1H3,(H,21,23). The van der Waals surface area contributed by atoms with Crippen LogP contribution in [0, 0.1) is 0 Å². The Balaban J connectivity index is 1.65. The number of oxazole rings is 1. The summed E-state index contributed by atoms with van der Waals surface area (Å²) in [6.45, 7) is 2.15. The quantitative estimate of drug-likeness (QED) is 0.596. The van der Waals surface area contributed by atoms with Gasteiger partial charge in [-0.3, -0.25) is 4.79 Å². The Morgan fingerprint density at radius 2 is 2.17 bits per heavy atom. The molecule has 0 fully saturated rings. The van der Waals surface area contributed by atoms with Gasteiger partial charge >= 0.3 is 0 Å². The Kier molecular flexibility index (Phi) is 3.54. The molecule has 4 aromatic rings. The highest BCUT2D eigenvalue weighted by Crippen LogP contribution is 2.29. The summed E-state index contributed by atoms with van der Waals surface area (Å²) in [5.74, 6) is -0.117. The van der Waals surface area contributed by atoms with E-state index in [1.165, 1.54) is 29.1 Å². The second kappa shape index (κ2) is 5.85. The van der Waals surface area contributed by atoms with E-state index in [9.17, 15) is 4.79 Å². The van der Waals surface area contributed by atoms with Crippen molar-refractivity contribution in [2.45, 2.75) is 19.8 Å². The first kappa shape index (κ1) is 14.5. The third kappa shape index (κ3) is 2.54. The number of para-hydroxylation sites is 1. The van der Waals surface area contributed by atoms with Gasteiger partial charge in [-0.25, -0.2) is 4.98 Å². The van der Waals surface area contributed by atoms with Crippen molar-refractivity contribution in [2.75, 3.05) is 5.32 Å². The minimum absolute atomic E-state index is 0.117. The number of H-pyrrole nitrogens is 1. The molecule has 0 aliphatic rings. The number of rotatable bonds is 4. The van der Waals surface area contributed by atoms with E-state index >= 15 is 0 Å². The Morgan fingerprint density at radius 1 is 1.25 bits per heavy atom. The zero-order chi connectivity index (χ0) is 16.5. The average molecular weight is 319 g/mol. The van der Waals surface area contributed by atoms with Gasteiger partial charge in [0.05, 0.1) is 12.1 Å². The maximum absolute atomic E-state index is 12.1. The fourth-order valence-corrected chi connectivity index (χ4v) is 3.06. The third-order valence-corrected chi connectivity index (χ3v) is 4.21. The summed E-state index contributed by atoms with van der Waals surface area (Å²) in [5.41, 5.74) is 4.86. The first-order valence-electron chi connectivity index (χ1n) is 7.95. The number of aromatic nitrogens is 2. The van der Waals surface area contributed by atoms with Gasteiger partial charge in [0.1, 0.15) is 6.26 Å². The topological polar surface area (TPSA) is 70.9 Å². The van der Waals surface area contributed by atoms with Crippen molar-refractivity contribution < 1.29 is 9.21 Å². The number of anilines is 1. The monoisotopic (exact) mass is 319 g/mol. The van der Waals surface area contributed by atoms with E-state index in [2.05, 4.69) is 40.4 Å². The van der Waals surface area contributed by atoms with Crippen LogP contribution in [-0.2, 0) is 17.6 Å². The van der Waals surface area contributed by atoms with Gasteiger partial charge < -0.3 is 14.7 Å². The highest BCUT2D eigenvalue weighted by atomic mass is 16.3. The number of hydrogen-bond donors (Lipinski definition) is 2. The Bertz CT molecular complexity index is 1020. The van der Waals surface area contributed by atoms with Crippen LogP contribution in [0.2, 0.25) is 0 Å². The lowest BCUT2D eigenvalue weighted by Crippen LogP contribution is -2.14. The van der Waals surface area contributed by atoms with Crippen LogP contribution in [0.25, 0.3) is 21.8 Å². The fourth-order valence-electron chi connectivity index (χ4n) is 3.06.